The number of rotatable bonds is 7. The number of ether oxygens (including phenoxy) is 1. The Morgan fingerprint density at radius 2 is 2.05 bits per heavy atom. The first-order chi connectivity index (χ1) is 9.45. The maximum Gasteiger partial charge on any atom is 0.248 e. The average Bonchev–Trinajstić information content (AvgIpc) is 2.41. The minimum Gasteiger partial charge on any atom is -0.368 e. The molecule has 0 saturated heterocycles. The Kier molecular flexibility index (Phi) is 10.3. The highest BCUT2D eigenvalue weighted by Crippen LogP contribution is 2.35. The maximum atomic E-state index is 12.0. The van der Waals surface area contributed by atoms with Crippen LogP contribution in [0.4, 0.5) is 0 Å². The number of nitrogens with zero attached hydrogens (tertiary/aromatic N) is 1. The Labute approximate surface area is 136 Å². The summed E-state index contributed by atoms with van der Waals surface area (Å²) in [6.07, 6.45) is 3.86. The SMILES string of the molecule is CNCCN(C)C(=O)COC1CC(C)CCC1C(C)C.Cl. The molecule has 1 fully saturated rings. The number of likely N-dealkylation sites (N-methyl/N-ethyl adjacent to an activating group) is 2. The number of carbonyl (C=O) groups excluding carboxylic acids is 1. The molecule has 3 unspecified atom stereocenters. The van der Waals surface area contributed by atoms with Gasteiger partial charge < -0.3 is 15.0 Å². The van der Waals surface area contributed by atoms with E-state index in [-0.39, 0.29) is 31.0 Å². The van der Waals surface area contributed by atoms with Crippen molar-refractivity contribution in [2.45, 2.75) is 46.1 Å². The number of hydrogen-bond acceptors (Lipinski definition) is 3. The summed E-state index contributed by atoms with van der Waals surface area (Å²) in [5.74, 6) is 2.03. The van der Waals surface area contributed by atoms with E-state index in [4.69, 9.17) is 4.74 Å². The second kappa shape index (κ2) is 10.4. The smallest absolute Gasteiger partial charge is 0.248 e. The van der Waals surface area contributed by atoms with Crippen LogP contribution in [0.25, 0.3) is 0 Å². The van der Waals surface area contributed by atoms with Crippen LogP contribution >= 0.6 is 12.4 Å². The molecule has 21 heavy (non-hydrogen) atoms. The average molecular weight is 321 g/mol. The Morgan fingerprint density at radius 3 is 2.62 bits per heavy atom. The normalized spacial score (nSPS) is 25.5. The van der Waals surface area contributed by atoms with Gasteiger partial charge in [-0.25, -0.2) is 0 Å². The van der Waals surface area contributed by atoms with Crippen LogP contribution in [0, 0.1) is 17.8 Å². The van der Waals surface area contributed by atoms with Gasteiger partial charge in [0.2, 0.25) is 5.91 Å². The molecule has 0 aliphatic heterocycles. The van der Waals surface area contributed by atoms with Crippen LogP contribution in [0.15, 0.2) is 0 Å². The minimum atomic E-state index is 0. The number of halogens is 1. The number of amides is 1. The van der Waals surface area contributed by atoms with Crippen LogP contribution in [0.1, 0.15) is 40.0 Å². The van der Waals surface area contributed by atoms with Crippen molar-refractivity contribution in [1.29, 1.82) is 0 Å². The topological polar surface area (TPSA) is 41.6 Å². The first-order valence-electron chi connectivity index (χ1n) is 7.95. The van der Waals surface area contributed by atoms with Gasteiger partial charge in [0, 0.05) is 20.1 Å². The molecule has 1 aliphatic carbocycles. The fourth-order valence-corrected chi connectivity index (χ4v) is 3.00. The highest BCUT2D eigenvalue weighted by atomic mass is 35.5. The van der Waals surface area contributed by atoms with Gasteiger partial charge in [-0.15, -0.1) is 12.4 Å². The van der Waals surface area contributed by atoms with Crippen LogP contribution < -0.4 is 5.32 Å². The van der Waals surface area contributed by atoms with E-state index in [1.165, 1.54) is 12.8 Å². The lowest BCUT2D eigenvalue weighted by atomic mass is 9.75. The van der Waals surface area contributed by atoms with Gasteiger partial charge in [-0.2, -0.15) is 0 Å². The van der Waals surface area contributed by atoms with E-state index in [9.17, 15) is 4.79 Å². The summed E-state index contributed by atoms with van der Waals surface area (Å²) in [7, 11) is 3.73. The van der Waals surface area contributed by atoms with Crippen molar-refractivity contribution < 1.29 is 9.53 Å². The summed E-state index contributed by atoms with van der Waals surface area (Å²) in [6, 6.07) is 0. The molecule has 1 aliphatic rings. The first-order valence-corrected chi connectivity index (χ1v) is 7.95. The van der Waals surface area contributed by atoms with Crippen molar-refractivity contribution in [2.75, 3.05) is 33.8 Å². The van der Waals surface area contributed by atoms with Gasteiger partial charge in [0.05, 0.1) is 6.10 Å². The van der Waals surface area contributed by atoms with Crippen LogP contribution in [0.2, 0.25) is 0 Å². The third-order valence-corrected chi connectivity index (χ3v) is 4.51. The zero-order valence-corrected chi connectivity index (χ0v) is 15.0. The molecule has 0 aromatic rings. The van der Waals surface area contributed by atoms with E-state index in [1.54, 1.807) is 4.90 Å². The third-order valence-electron chi connectivity index (χ3n) is 4.51. The van der Waals surface area contributed by atoms with E-state index in [0.29, 0.717) is 17.8 Å². The van der Waals surface area contributed by atoms with E-state index in [0.717, 1.165) is 19.5 Å². The molecule has 1 N–H and O–H groups in total. The molecule has 3 atom stereocenters. The molecule has 0 spiro atoms. The molecule has 0 aromatic carbocycles. The largest absolute Gasteiger partial charge is 0.368 e. The summed E-state index contributed by atoms with van der Waals surface area (Å²) in [4.78, 5) is 13.8. The van der Waals surface area contributed by atoms with Crippen LogP contribution in [0.5, 0.6) is 0 Å². The van der Waals surface area contributed by atoms with Crippen molar-refractivity contribution in [2.24, 2.45) is 17.8 Å². The molecule has 1 rings (SSSR count). The molecule has 126 valence electrons. The van der Waals surface area contributed by atoms with Gasteiger partial charge in [-0.3, -0.25) is 4.79 Å². The standard InChI is InChI=1S/C16H32N2O2.ClH/c1-12(2)14-7-6-13(3)10-15(14)20-11-16(19)18(5)9-8-17-4;/h12-15,17H,6-11H2,1-5H3;1H. The Hall–Kier alpha value is -0.320. The second-order valence-electron chi connectivity index (χ2n) is 6.59. The van der Waals surface area contributed by atoms with Crippen LogP contribution in [0.3, 0.4) is 0 Å². The minimum absolute atomic E-state index is 0. The molecule has 5 heteroatoms. The van der Waals surface area contributed by atoms with Crippen LogP contribution in [-0.4, -0.2) is 50.7 Å². The van der Waals surface area contributed by atoms with Gasteiger partial charge in [-0.05, 0) is 37.6 Å². The molecular weight excluding hydrogens is 288 g/mol. The lowest BCUT2D eigenvalue weighted by Crippen LogP contribution is -2.39. The Bertz CT molecular complexity index is 300. The third kappa shape index (κ3) is 6.98. The summed E-state index contributed by atoms with van der Waals surface area (Å²) in [5.41, 5.74) is 0. The van der Waals surface area contributed by atoms with E-state index in [1.807, 2.05) is 14.1 Å². The lowest BCUT2D eigenvalue weighted by Gasteiger charge is -2.37. The highest BCUT2D eigenvalue weighted by molar-refractivity contribution is 5.85. The quantitative estimate of drug-likeness (QED) is 0.784. The van der Waals surface area contributed by atoms with Crippen LogP contribution in [-0.2, 0) is 9.53 Å². The zero-order chi connectivity index (χ0) is 15.1. The molecule has 0 heterocycles. The van der Waals surface area contributed by atoms with Gasteiger partial charge >= 0.3 is 0 Å². The number of nitrogens with one attached hydrogen (secondary N) is 1. The van der Waals surface area contributed by atoms with Crippen molar-refractivity contribution in [3.63, 3.8) is 0 Å². The summed E-state index contributed by atoms with van der Waals surface area (Å²) in [5, 5.41) is 3.05. The molecule has 1 saturated carbocycles. The molecular formula is C16H33ClN2O2. The first kappa shape index (κ1) is 20.7. The molecule has 0 aromatic heterocycles. The van der Waals surface area contributed by atoms with Gasteiger partial charge in [-0.1, -0.05) is 27.2 Å². The monoisotopic (exact) mass is 320 g/mol. The maximum absolute atomic E-state index is 12.0. The summed E-state index contributed by atoms with van der Waals surface area (Å²) >= 11 is 0. The summed E-state index contributed by atoms with van der Waals surface area (Å²) < 4.78 is 5.98. The number of carbonyl (C=O) groups is 1. The lowest BCUT2D eigenvalue weighted by molar-refractivity contribution is -0.140. The van der Waals surface area contributed by atoms with Crippen molar-refractivity contribution in [3.05, 3.63) is 0 Å². The molecule has 0 radical (unpaired) electrons. The van der Waals surface area contributed by atoms with Crippen molar-refractivity contribution in [1.82, 2.24) is 10.2 Å². The molecule has 1 amide bonds. The van der Waals surface area contributed by atoms with E-state index in [2.05, 4.69) is 26.1 Å². The van der Waals surface area contributed by atoms with E-state index >= 15 is 0 Å². The fourth-order valence-electron chi connectivity index (χ4n) is 3.00. The fraction of sp³-hybridized carbons (Fsp3) is 0.938. The zero-order valence-electron chi connectivity index (χ0n) is 14.2. The van der Waals surface area contributed by atoms with Crippen molar-refractivity contribution >= 4 is 18.3 Å². The Morgan fingerprint density at radius 1 is 1.38 bits per heavy atom. The predicted molar refractivity (Wildman–Crippen MR) is 89.9 cm³/mol. The number of hydrogen-bond donors (Lipinski definition) is 1. The molecule has 4 nitrogen and oxygen atoms in total. The van der Waals surface area contributed by atoms with Gasteiger partial charge in [0.25, 0.3) is 0 Å². The second-order valence-corrected chi connectivity index (χ2v) is 6.59. The van der Waals surface area contributed by atoms with Crippen molar-refractivity contribution in [3.8, 4) is 0 Å². The van der Waals surface area contributed by atoms with E-state index < -0.39 is 0 Å². The molecule has 0 bridgehead atoms. The van der Waals surface area contributed by atoms with Gasteiger partial charge in [0.15, 0.2) is 0 Å². The summed E-state index contributed by atoms with van der Waals surface area (Å²) in [6.45, 7) is 8.58. The Balaban J connectivity index is 0.00000400. The van der Waals surface area contributed by atoms with Gasteiger partial charge in [0.1, 0.15) is 6.61 Å². The highest BCUT2D eigenvalue weighted by Gasteiger charge is 2.31. The predicted octanol–water partition coefficient (Wildman–Crippen LogP) is 2.56.